The number of methoxy groups -OCH3 is 2. The van der Waals surface area contributed by atoms with E-state index in [0.717, 1.165) is 5.56 Å². The van der Waals surface area contributed by atoms with Crippen molar-refractivity contribution in [3.63, 3.8) is 0 Å². The van der Waals surface area contributed by atoms with Gasteiger partial charge in [0.25, 0.3) is 0 Å². The fourth-order valence-electron chi connectivity index (χ4n) is 2.33. The summed E-state index contributed by atoms with van der Waals surface area (Å²) in [6.45, 7) is 2.00. The zero-order valence-electron chi connectivity index (χ0n) is 15.1. The highest BCUT2D eigenvalue weighted by molar-refractivity contribution is 5.95. The lowest BCUT2D eigenvalue weighted by Crippen LogP contribution is -2.22. The van der Waals surface area contributed by atoms with Crippen LogP contribution in [0.3, 0.4) is 0 Å². The number of nitrogens with one attached hydrogen (secondary N) is 3. The third kappa shape index (κ3) is 5.78. The van der Waals surface area contributed by atoms with E-state index in [-0.39, 0.29) is 25.0 Å². The second-order valence-corrected chi connectivity index (χ2v) is 5.67. The lowest BCUT2D eigenvalue weighted by Gasteiger charge is -2.12. The van der Waals surface area contributed by atoms with Crippen LogP contribution in [0.25, 0.3) is 0 Å². The van der Waals surface area contributed by atoms with Crippen LogP contribution < -0.4 is 20.7 Å². The van der Waals surface area contributed by atoms with Crippen molar-refractivity contribution in [1.29, 1.82) is 0 Å². The lowest BCUT2D eigenvalue weighted by atomic mass is 10.2. The Morgan fingerprint density at radius 1 is 0.962 bits per heavy atom. The van der Waals surface area contributed by atoms with E-state index in [1.165, 1.54) is 7.11 Å². The van der Waals surface area contributed by atoms with Crippen LogP contribution in [0.1, 0.15) is 5.56 Å². The summed E-state index contributed by atoms with van der Waals surface area (Å²) in [7, 11) is 3.02. The van der Waals surface area contributed by atoms with Crippen molar-refractivity contribution < 1.29 is 19.1 Å². The van der Waals surface area contributed by atoms with Gasteiger partial charge in [-0.15, -0.1) is 0 Å². The summed E-state index contributed by atoms with van der Waals surface area (Å²) in [6.07, 6.45) is 0. The number of aryl methyl sites for hydroxylation is 1. The quantitative estimate of drug-likeness (QED) is 0.676. The third-order valence-corrected chi connectivity index (χ3v) is 3.50. The monoisotopic (exact) mass is 357 g/mol. The van der Waals surface area contributed by atoms with E-state index in [1.54, 1.807) is 25.3 Å². The molecule has 0 heterocycles. The van der Waals surface area contributed by atoms with Crippen LogP contribution >= 0.6 is 0 Å². The van der Waals surface area contributed by atoms with Gasteiger partial charge in [0.2, 0.25) is 11.8 Å². The van der Waals surface area contributed by atoms with Crippen LogP contribution in [0.15, 0.2) is 42.5 Å². The topological polar surface area (TPSA) is 88.7 Å². The van der Waals surface area contributed by atoms with Crippen molar-refractivity contribution in [2.24, 2.45) is 0 Å². The molecule has 0 saturated carbocycles. The third-order valence-electron chi connectivity index (χ3n) is 3.50. The molecule has 0 spiro atoms. The SMILES string of the molecule is COCC(=O)Nc1cccc(NCC(=O)Nc2cc(C)ccc2OC)c1. The molecule has 26 heavy (non-hydrogen) atoms. The highest BCUT2D eigenvalue weighted by Crippen LogP contribution is 2.25. The number of hydrogen-bond acceptors (Lipinski definition) is 5. The summed E-state index contributed by atoms with van der Waals surface area (Å²) in [5.74, 6) is 0.156. The molecule has 0 saturated heterocycles. The first-order chi connectivity index (χ1) is 12.5. The number of anilines is 3. The van der Waals surface area contributed by atoms with E-state index < -0.39 is 0 Å². The summed E-state index contributed by atoms with van der Waals surface area (Å²) < 4.78 is 10.0. The van der Waals surface area contributed by atoms with Crippen LogP contribution in [-0.4, -0.2) is 39.2 Å². The van der Waals surface area contributed by atoms with Crippen LogP contribution in [0.5, 0.6) is 5.75 Å². The van der Waals surface area contributed by atoms with Gasteiger partial charge in [0, 0.05) is 18.5 Å². The molecule has 0 atom stereocenters. The second-order valence-electron chi connectivity index (χ2n) is 5.67. The summed E-state index contributed by atoms with van der Waals surface area (Å²) in [5.41, 5.74) is 2.98. The molecule has 0 aromatic heterocycles. The summed E-state index contributed by atoms with van der Waals surface area (Å²) >= 11 is 0. The van der Waals surface area contributed by atoms with Crippen molar-refractivity contribution >= 4 is 28.9 Å². The molecule has 0 radical (unpaired) electrons. The molecule has 7 nitrogen and oxygen atoms in total. The Bertz CT molecular complexity index is 777. The molecule has 138 valence electrons. The Morgan fingerprint density at radius 3 is 2.46 bits per heavy atom. The van der Waals surface area contributed by atoms with E-state index in [0.29, 0.717) is 22.8 Å². The number of hydrogen-bond donors (Lipinski definition) is 3. The van der Waals surface area contributed by atoms with Gasteiger partial charge in [0.15, 0.2) is 0 Å². The van der Waals surface area contributed by atoms with Gasteiger partial charge in [-0.2, -0.15) is 0 Å². The molecule has 2 aromatic carbocycles. The first-order valence-electron chi connectivity index (χ1n) is 8.09. The van der Waals surface area contributed by atoms with Crippen molar-refractivity contribution in [3.05, 3.63) is 48.0 Å². The molecule has 0 aliphatic rings. The minimum atomic E-state index is -0.242. The van der Waals surface area contributed by atoms with E-state index in [2.05, 4.69) is 16.0 Å². The van der Waals surface area contributed by atoms with Gasteiger partial charge >= 0.3 is 0 Å². The number of benzene rings is 2. The fraction of sp³-hybridized carbons (Fsp3) is 0.263. The summed E-state index contributed by atoms with van der Waals surface area (Å²) in [4.78, 5) is 23.7. The number of rotatable bonds is 8. The standard InChI is InChI=1S/C19H23N3O4/c1-13-7-8-17(26-3)16(9-13)22-18(23)11-20-14-5-4-6-15(10-14)21-19(24)12-25-2/h4-10,20H,11-12H2,1-3H3,(H,21,24)(H,22,23). The van der Waals surface area contributed by atoms with Crippen molar-refractivity contribution in [1.82, 2.24) is 0 Å². The maximum Gasteiger partial charge on any atom is 0.250 e. The number of carbonyl (C=O) groups excluding carboxylic acids is 2. The van der Waals surface area contributed by atoms with Gasteiger partial charge in [-0.05, 0) is 42.8 Å². The first-order valence-corrected chi connectivity index (χ1v) is 8.09. The molecule has 0 bridgehead atoms. The van der Waals surface area contributed by atoms with E-state index in [1.807, 2.05) is 31.2 Å². The maximum atomic E-state index is 12.2. The lowest BCUT2D eigenvalue weighted by molar-refractivity contribution is -0.119. The van der Waals surface area contributed by atoms with Crippen LogP contribution in [0.2, 0.25) is 0 Å². The minimum Gasteiger partial charge on any atom is -0.495 e. The molecule has 7 heteroatoms. The van der Waals surface area contributed by atoms with Crippen molar-refractivity contribution in [2.75, 3.05) is 43.3 Å². The van der Waals surface area contributed by atoms with Gasteiger partial charge in [-0.1, -0.05) is 12.1 Å². The molecular formula is C19H23N3O4. The predicted molar refractivity (Wildman–Crippen MR) is 102 cm³/mol. The number of carbonyl (C=O) groups is 2. The zero-order chi connectivity index (χ0) is 18.9. The van der Waals surface area contributed by atoms with Crippen LogP contribution in [-0.2, 0) is 14.3 Å². The molecule has 0 aliphatic carbocycles. The molecule has 2 rings (SSSR count). The Kier molecular flexibility index (Phi) is 6.99. The van der Waals surface area contributed by atoms with Crippen LogP contribution in [0.4, 0.5) is 17.1 Å². The first kappa shape index (κ1) is 19.3. The average Bonchev–Trinajstić information content (AvgIpc) is 2.61. The van der Waals surface area contributed by atoms with Crippen molar-refractivity contribution in [2.45, 2.75) is 6.92 Å². The Labute approximate surface area is 152 Å². The molecule has 3 N–H and O–H groups in total. The van der Waals surface area contributed by atoms with E-state index in [4.69, 9.17) is 9.47 Å². The normalized spacial score (nSPS) is 10.1. The summed E-state index contributed by atoms with van der Waals surface area (Å²) in [6, 6.07) is 12.7. The predicted octanol–water partition coefficient (Wildman–Crippen LogP) is 2.64. The van der Waals surface area contributed by atoms with Gasteiger partial charge in [-0.3, -0.25) is 9.59 Å². The minimum absolute atomic E-state index is 0.0155. The summed E-state index contributed by atoms with van der Waals surface area (Å²) in [5, 5.41) is 8.56. The molecule has 0 fully saturated rings. The Morgan fingerprint density at radius 2 is 1.73 bits per heavy atom. The number of ether oxygens (including phenoxy) is 2. The molecule has 0 aliphatic heterocycles. The average molecular weight is 357 g/mol. The molecule has 2 aromatic rings. The van der Waals surface area contributed by atoms with Gasteiger partial charge < -0.3 is 25.4 Å². The smallest absolute Gasteiger partial charge is 0.250 e. The van der Waals surface area contributed by atoms with E-state index in [9.17, 15) is 9.59 Å². The van der Waals surface area contributed by atoms with Crippen LogP contribution in [0, 0.1) is 6.92 Å². The fourth-order valence-corrected chi connectivity index (χ4v) is 2.33. The Balaban J connectivity index is 1.93. The molecular weight excluding hydrogens is 334 g/mol. The van der Waals surface area contributed by atoms with Gasteiger partial charge in [-0.25, -0.2) is 0 Å². The Hall–Kier alpha value is -3.06. The largest absolute Gasteiger partial charge is 0.495 e. The second kappa shape index (κ2) is 9.43. The van der Waals surface area contributed by atoms with E-state index >= 15 is 0 Å². The zero-order valence-corrected chi connectivity index (χ0v) is 15.1. The highest BCUT2D eigenvalue weighted by Gasteiger charge is 2.08. The van der Waals surface area contributed by atoms with Gasteiger partial charge in [0.1, 0.15) is 12.4 Å². The molecule has 0 unspecified atom stereocenters. The van der Waals surface area contributed by atoms with Gasteiger partial charge in [0.05, 0.1) is 19.3 Å². The maximum absolute atomic E-state index is 12.2. The molecule has 2 amide bonds. The highest BCUT2D eigenvalue weighted by atomic mass is 16.5. The van der Waals surface area contributed by atoms with Crippen molar-refractivity contribution in [3.8, 4) is 5.75 Å². The number of amides is 2.